The lowest BCUT2D eigenvalue weighted by molar-refractivity contribution is 0.758. The van der Waals surface area contributed by atoms with Crippen LogP contribution in [0.15, 0.2) is 24.3 Å². The van der Waals surface area contributed by atoms with Crippen molar-refractivity contribution in [1.29, 1.82) is 0 Å². The zero-order chi connectivity index (χ0) is 7.82. The highest BCUT2D eigenvalue weighted by Crippen LogP contribution is 1.97. The third kappa shape index (κ3) is 4.33. The molecule has 58 valence electrons. The van der Waals surface area contributed by atoms with Crippen molar-refractivity contribution in [3.8, 4) is 0 Å². The molecule has 10 heavy (non-hydrogen) atoms. The van der Waals surface area contributed by atoms with Gasteiger partial charge in [-0.1, -0.05) is 38.2 Å². The van der Waals surface area contributed by atoms with Crippen LogP contribution in [0.4, 0.5) is 0 Å². The minimum atomic E-state index is 0.999. The van der Waals surface area contributed by atoms with Gasteiger partial charge in [0.2, 0.25) is 0 Å². The standard InChI is InChI=1S/C9H17N/c1-4-7-9(5-2)8-10-6-3/h4,7,10H,1,5-6,8H2,2-3H3/b9-7+. The summed E-state index contributed by atoms with van der Waals surface area (Å²) >= 11 is 0. The molecule has 0 amide bonds. The Morgan fingerprint density at radius 2 is 2.20 bits per heavy atom. The summed E-state index contributed by atoms with van der Waals surface area (Å²) in [6.45, 7) is 9.96. The highest BCUT2D eigenvalue weighted by Gasteiger charge is 1.88. The monoisotopic (exact) mass is 139 g/mol. The van der Waals surface area contributed by atoms with Gasteiger partial charge in [-0.3, -0.25) is 0 Å². The second kappa shape index (κ2) is 6.56. The van der Waals surface area contributed by atoms with Crippen LogP contribution in [0.2, 0.25) is 0 Å². The van der Waals surface area contributed by atoms with Crippen LogP contribution < -0.4 is 5.32 Å². The second-order valence-electron chi connectivity index (χ2n) is 2.19. The van der Waals surface area contributed by atoms with E-state index in [-0.39, 0.29) is 0 Å². The molecule has 0 saturated heterocycles. The predicted octanol–water partition coefficient (Wildman–Crippen LogP) is 2.12. The summed E-state index contributed by atoms with van der Waals surface area (Å²) in [7, 11) is 0. The minimum absolute atomic E-state index is 0.999. The molecule has 0 fully saturated rings. The van der Waals surface area contributed by atoms with Crippen LogP contribution >= 0.6 is 0 Å². The van der Waals surface area contributed by atoms with Gasteiger partial charge in [0.1, 0.15) is 0 Å². The van der Waals surface area contributed by atoms with Crippen LogP contribution in [-0.4, -0.2) is 13.1 Å². The molecule has 0 spiro atoms. The average molecular weight is 139 g/mol. The molecule has 0 aliphatic rings. The Morgan fingerprint density at radius 3 is 2.60 bits per heavy atom. The van der Waals surface area contributed by atoms with Crippen molar-refractivity contribution in [2.75, 3.05) is 13.1 Å². The molecular formula is C9H17N. The van der Waals surface area contributed by atoms with Crippen LogP contribution in [0, 0.1) is 0 Å². The Hall–Kier alpha value is -0.560. The first-order valence-electron chi connectivity index (χ1n) is 3.86. The van der Waals surface area contributed by atoms with Crippen molar-refractivity contribution in [1.82, 2.24) is 5.32 Å². The number of rotatable bonds is 5. The molecule has 0 radical (unpaired) electrons. The average Bonchev–Trinajstić information content (AvgIpc) is 1.98. The Morgan fingerprint density at radius 1 is 1.50 bits per heavy atom. The van der Waals surface area contributed by atoms with Gasteiger partial charge < -0.3 is 5.32 Å². The van der Waals surface area contributed by atoms with Crippen molar-refractivity contribution in [2.45, 2.75) is 20.3 Å². The van der Waals surface area contributed by atoms with E-state index in [1.807, 2.05) is 6.08 Å². The zero-order valence-electron chi connectivity index (χ0n) is 6.98. The lowest BCUT2D eigenvalue weighted by Gasteiger charge is -2.02. The molecule has 1 heteroatoms. The van der Waals surface area contributed by atoms with E-state index in [2.05, 4.69) is 31.8 Å². The number of likely N-dealkylation sites (N-methyl/N-ethyl adjacent to an activating group) is 1. The second-order valence-corrected chi connectivity index (χ2v) is 2.19. The maximum Gasteiger partial charge on any atom is 0.0167 e. The fraction of sp³-hybridized carbons (Fsp3) is 0.556. The van der Waals surface area contributed by atoms with Crippen LogP contribution in [0.25, 0.3) is 0 Å². The van der Waals surface area contributed by atoms with Gasteiger partial charge in [0.15, 0.2) is 0 Å². The number of nitrogens with one attached hydrogen (secondary N) is 1. The van der Waals surface area contributed by atoms with Crippen LogP contribution in [0.1, 0.15) is 20.3 Å². The Bertz CT molecular complexity index is 114. The predicted molar refractivity (Wildman–Crippen MR) is 47.1 cm³/mol. The molecule has 0 aromatic heterocycles. The van der Waals surface area contributed by atoms with Crippen molar-refractivity contribution in [2.24, 2.45) is 0 Å². The van der Waals surface area contributed by atoms with E-state index < -0.39 is 0 Å². The van der Waals surface area contributed by atoms with Crippen LogP contribution in [-0.2, 0) is 0 Å². The largest absolute Gasteiger partial charge is 0.313 e. The topological polar surface area (TPSA) is 12.0 Å². The first kappa shape index (κ1) is 9.44. The highest BCUT2D eigenvalue weighted by molar-refractivity contribution is 5.11. The van der Waals surface area contributed by atoms with Crippen molar-refractivity contribution >= 4 is 0 Å². The lowest BCUT2D eigenvalue weighted by Crippen LogP contribution is -2.15. The molecule has 0 rings (SSSR count). The quantitative estimate of drug-likeness (QED) is 0.575. The van der Waals surface area contributed by atoms with Gasteiger partial charge in [-0.25, -0.2) is 0 Å². The molecule has 0 aromatic carbocycles. The molecule has 0 atom stereocenters. The zero-order valence-corrected chi connectivity index (χ0v) is 6.98. The van der Waals surface area contributed by atoms with E-state index in [1.54, 1.807) is 0 Å². The van der Waals surface area contributed by atoms with Crippen LogP contribution in [0.5, 0.6) is 0 Å². The molecule has 0 saturated carbocycles. The van der Waals surface area contributed by atoms with Gasteiger partial charge >= 0.3 is 0 Å². The Labute approximate surface area is 63.8 Å². The molecular weight excluding hydrogens is 122 g/mol. The Balaban J connectivity index is 3.59. The van der Waals surface area contributed by atoms with E-state index in [0.717, 1.165) is 19.5 Å². The lowest BCUT2D eigenvalue weighted by atomic mass is 10.2. The Kier molecular flexibility index (Phi) is 6.19. The third-order valence-corrected chi connectivity index (χ3v) is 1.41. The van der Waals surface area contributed by atoms with E-state index in [4.69, 9.17) is 0 Å². The molecule has 1 N–H and O–H groups in total. The van der Waals surface area contributed by atoms with Gasteiger partial charge in [0.25, 0.3) is 0 Å². The normalized spacial score (nSPS) is 11.6. The molecule has 0 aliphatic carbocycles. The number of hydrogen-bond acceptors (Lipinski definition) is 1. The number of hydrogen-bond donors (Lipinski definition) is 1. The van der Waals surface area contributed by atoms with Crippen molar-refractivity contribution in [3.63, 3.8) is 0 Å². The third-order valence-electron chi connectivity index (χ3n) is 1.41. The summed E-state index contributed by atoms with van der Waals surface area (Å²) in [6, 6.07) is 0. The first-order valence-corrected chi connectivity index (χ1v) is 3.86. The maximum absolute atomic E-state index is 3.65. The summed E-state index contributed by atoms with van der Waals surface area (Å²) in [4.78, 5) is 0. The van der Waals surface area contributed by atoms with E-state index in [9.17, 15) is 0 Å². The molecule has 0 aromatic rings. The van der Waals surface area contributed by atoms with Gasteiger partial charge in [0, 0.05) is 6.54 Å². The fourth-order valence-corrected chi connectivity index (χ4v) is 0.754. The van der Waals surface area contributed by atoms with Crippen LogP contribution in [0.3, 0.4) is 0 Å². The molecule has 0 unspecified atom stereocenters. The first-order chi connectivity index (χ1) is 4.85. The highest BCUT2D eigenvalue weighted by atomic mass is 14.8. The fourth-order valence-electron chi connectivity index (χ4n) is 0.754. The SMILES string of the molecule is C=C/C=C(\CC)CNCC. The maximum atomic E-state index is 3.65. The van der Waals surface area contributed by atoms with E-state index in [1.165, 1.54) is 5.57 Å². The summed E-state index contributed by atoms with van der Waals surface area (Å²) in [5.74, 6) is 0. The van der Waals surface area contributed by atoms with E-state index >= 15 is 0 Å². The van der Waals surface area contributed by atoms with Crippen molar-refractivity contribution in [3.05, 3.63) is 24.3 Å². The summed E-state index contributed by atoms with van der Waals surface area (Å²) in [5, 5.41) is 3.27. The van der Waals surface area contributed by atoms with Gasteiger partial charge in [0.05, 0.1) is 0 Å². The molecule has 1 nitrogen and oxygen atoms in total. The van der Waals surface area contributed by atoms with Gasteiger partial charge in [-0.05, 0) is 13.0 Å². The van der Waals surface area contributed by atoms with Gasteiger partial charge in [-0.2, -0.15) is 0 Å². The molecule has 0 heterocycles. The smallest absolute Gasteiger partial charge is 0.0167 e. The summed E-state index contributed by atoms with van der Waals surface area (Å²) in [5.41, 5.74) is 1.41. The number of allylic oxidation sites excluding steroid dienone is 2. The van der Waals surface area contributed by atoms with Crippen molar-refractivity contribution < 1.29 is 0 Å². The van der Waals surface area contributed by atoms with E-state index in [0.29, 0.717) is 0 Å². The summed E-state index contributed by atoms with van der Waals surface area (Å²) in [6.07, 6.45) is 5.03. The molecule has 0 bridgehead atoms. The molecule has 0 aliphatic heterocycles. The van der Waals surface area contributed by atoms with Gasteiger partial charge in [-0.15, -0.1) is 0 Å². The minimum Gasteiger partial charge on any atom is -0.313 e. The summed E-state index contributed by atoms with van der Waals surface area (Å²) < 4.78 is 0.